The average Bonchev–Trinajstić information content (AvgIpc) is 3.04. The SMILES string of the molecule is CC(=O)N1CCc2cc(S(=O)(=O)N(C)CCC3CCCCO3)ccc21. The summed E-state index contributed by atoms with van der Waals surface area (Å²) in [6.45, 7) is 3.37. The van der Waals surface area contributed by atoms with E-state index in [1.807, 2.05) is 0 Å². The van der Waals surface area contributed by atoms with Crippen LogP contribution in [0.1, 0.15) is 38.2 Å². The highest BCUT2D eigenvalue weighted by Crippen LogP contribution is 2.31. The number of anilines is 1. The van der Waals surface area contributed by atoms with Gasteiger partial charge in [0.25, 0.3) is 0 Å². The lowest BCUT2D eigenvalue weighted by molar-refractivity contribution is -0.116. The van der Waals surface area contributed by atoms with Crippen LogP contribution in [-0.4, -0.2) is 51.5 Å². The van der Waals surface area contributed by atoms with E-state index < -0.39 is 10.0 Å². The number of carbonyl (C=O) groups is 1. The van der Waals surface area contributed by atoms with Crippen molar-refractivity contribution in [2.45, 2.75) is 50.0 Å². The van der Waals surface area contributed by atoms with E-state index in [2.05, 4.69) is 0 Å². The molecule has 2 heterocycles. The molecule has 25 heavy (non-hydrogen) atoms. The zero-order chi connectivity index (χ0) is 18.0. The first-order valence-corrected chi connectivity index (χ1v) is 10.3. The molecule has 0 bridgehead atoms. The van der Waals surface area contributed by atoms with Gasteiger partial charge in [0.05, 0.1) is 11.0 Å². The highest BCUT2D eigenvalue weighted by molar-refractivity contribution is 7.89. The third kappa shape index (κ3) is 3.88. The second-order valence-corrected chi connectivity index (χ2v) is 8.86. The Morgan fingerprint density at radius 1 is 1.36 bits per heavy atom. The van der Waals surface area contributed by atoms with E-state index in [0.29, 0.717) is 24.4 Å². The molecule has 1 saturated heterocycles. The molecule has 0 spiro atoms. The van der Waals surface area contributed by atoms with Gasteiger partial charge in [-0.25, -0.2) is 12.7 Å². The number of ether oxygens (including phenoxy) is 1. The lowest BCUT2D eigenvalue weighted by Gasteiger charge is -2.25. The van der Waals surface area contributed by atoms with Gasteiger partial charge in [-0.2, -0.15) is 0 Å². The van der Waals surface area contributed by atoms with Crippen LogP contribution in [0.25, 0.3) is 0 Å². The predicted octanol–water partition coefficient (Wildman–Crippen LogP) is 2.18. The van der Waals surface area contributed by atoms with Crippen LogP contribution < -0.4 is 4.90 Å². The van der Waals surface area contributed by atoms with Gasteiger partial charge in [-0.15, -0.1) is 0 Å². The van der Waals surface area contributed by atoms with Gasteiger partial charge >= 0.3 is 0 Å². The minimum Gasteiger partial charge on any atom is -0.378 e. The summed E-state index contributed by atoms with van der Waals surface area (Å²) in [5, 5.41) is 0. The lowest BCUT2D eigenvalue weighted by atomic mass is 10.1. The Hall–Kier alpha value is -1.44. The normalized spacial score (nSPS) is 20.8. The molecule has 6 nitrogen and oxygen atoms in total. The molecule has 7 heteroatoms. The maximum atomic E-state index is 12.8. The average molecular weight is 366 g/mol. The Morgan fingerprint density at radius 2 is 2.16 bits per heavy atom. The lowest BCUT2D eigenvalue weighted by Crippen LogP contribution is -2.31. The summed E-state index contributed by atoms with van der Waals surface area (Å²) in [5.74, 6) is -0.0149. The summed E-state index contributed by atoms with van der Waals surface area (Å²) in [4.78, 5) is 13.6. The van der Waals surface area contributed by atoms with Crippen molar-refractivity contribution in [1.29, 1.82) is 0 Å². The summed E-state index contributed by atoms with van der Waals surface area (Å²) in [7, 11) is -1.91. The Labute approximate surface area is 149 Å². The number of rotatable bonds is 5. The van der Waals surface area contributed by atoms with Crippen LogP contribution in [-0.2, 0) is 26.0 Å². The minimum absolute atomic E-state index is 0.0149. The van der Waals surface area contributed by atoms with Gasteiger partial charge in [-0.3, -0.25) is 4.79 Å². The molecule has 1 fully saturated rings. The number of nitrogens with zero attached hydrogens (tertiary/aromatic N) is 2. The molecular formula is C18H26N2O4S. The van der Waals surface area contributed by atoms with Crippen molar-refractivity contribution in [2.75, 3.05) is 31.6 Å². The van der Waals surface area contributed by atoms with Gasteiger partial charge in [0.15, 0.2) is 0 Å². The quantitative estimate of drug-likeness (QED) is 0.801. The van der Waals surface area contributed by atoms with E-state index in [-0.39, 0.29) is 12.0 Å². The van der Waals surface area contributed by atoms with Crippen molar-refractivity contribution in [3.63, 3.8) is 0 Å². The number of carbonyl (C=O) groups excluding carboxylic acids is 1. The molecule has 2 aliphatic heterocycles. The summed E-state index contributed by atoms with van der Waals surface area (Å²) in [6.07, 6.45) is 4.83. The first-order valence-electron chi connectivity index (χ1n) is 8.88. The number of fused-ring (bicyclic) bond motifs is 1. The number of benzene rings is 1. The van der Waals surface area contributed by atoms with E-state index in [4.69, 9.17) is 4.74 Å². The second kappa shape index (κ2) is 7.43. The van der Waals surface area contributed by atoms with E-state index in [1.54, 1.807) is 30.1 Å². The van der Waals surface area contributed by atoms with Gasteiger partial charge in [-0.1, -0.05) is 0 Å². The summed E-state index contributed by atoms with van der Waals surface area (Å²) in [5.41, 5.74) is 1.74. The molecule has 0 aliphatic carbocycles. The van der Waals surface area contributed by atoms with Crippen molar-refractivity contribution in [3.8, 4) is 0 Å². The van der Waals surface area contributed by atoms with Crippen LogP contribution in [0.2, 0.25) is 0 Å². The van der Waals surface area contributed by atoms with Gasteiger partial charge in [0.1, 0.15) is 0 Å². The summed E-state index contributed by atoms with van der Waals surface area (Å²) < 4.78 is 32.7. The molecule has 1 aromatic carbocycles. The van der Waals surface area contributed by atoms with Gasteiger partial charge in [-0.05, 0) is 55.9 Å². The van der Waals surface area contributed by atoms with Crippen LogP contribution >= 0.6 is 0 Å². The molecule has 1 unspecified atom stereocenters. The van der Waals surface area contributed by atoms with Crippen molar-refractivity contribution >= 4 is 21.6 Å². The Morgan fingerprint density at radius 3 is 2.84 bits per heavy atom. The van der Waals surface area contributed by atoms with Crippen LogP contribution in [0, 0.1) is 0 Å². The van der Waals surface area contributed by atoms with E-state index in [9.17, 15) is 13.2 Å². The second-order valence-electron chi connectivity index (χ2n) is 6.82. The fourth-order valence-electron chi connectivity index (χ4n) is 3.53. The van der Waals surface area contributed by atoms with Crippen molar-refractivity contribution < 1.29 is 17.9 Å². The first-order chi connectivity index (χ1) is 11.9. The zero-order valence-electron chi connectivity index (χ0n) is 14.9. The summed E-state index contributed by atoms with van der Waals surface area (Å²) in [6, 6.07) is 5.05. The predicted molar refractivity (Wildman–Crippen MR) is 96.2 cm³/mol. The van der Waals surface area contributed by atoms with Crippen molar-refractivity contribution in [2.24, 2.45) is 0 Å². The van der Waals surface area contributed by atoms with E-state index in [0.717, 1.165) is 43.5 Å². The van der Waals surface area contributed by atoms with E-state index >= 15 is 0 Å². The zero-order valence-corrected chi connectivity index (χ0v) is 15.7. The van der Waals surface area contributed by atoms with E-state index in [1.165, 1.54) is 11.2 Å². The van der Waals surface area contributed by atoms with Gasteiger partial charge in [0, 0.05) is 39.4 Å². The van der Waals surface area contributed by atoms with Crippen molar-refractivity contribution in [1.82, 2.24) is 4.31 Å². The first kappa shape index (κ1) is 18.4. The molecule has 0 saturated carbocycles. The maximum Gasteiger partial charge on any atom is 0.242 e. The molecule has 3 rings (SSSR count). The Balaban J connectivity index is 1.70. The molecule has 0 aromatic heterocycles. The number of hydrogen-bond donors (Lipinski definition) is 0. The molecule has 1 aromatic rings. The maximum absolute atomic E-state index is 12.8. The van der Waals surface area contributed by atoms with Crippen LogP contribution in [0.5, 0.6) is 0 Å². The molecule has 0 N–H and O–H groups in total. The minimum atomic E-state index is -3.52. The summed E-state index contributed by atoms with van der Waals surface area (Å²) >= 11 is 0. The molecule has 1 atom stereocenters. The molecule has 1 amide bonds. The standard InChI is InChI=1S/C18H26N2O4S/c1-14(21)20-11-8-15-13-17(6-7-18(15)20)25(22,23)19(2)10-9-16-5-3-4-12-24-16/h6-7,13,16H,3-5,8-12H2,1-2H3. The topological polar surface area (TPSA) is 66.9 Å². The number of hydrogen-bond acceptors (Lipinski definition) is 4. The van der Waals surface area contributed by atoms with Crippen LogP contribution in [0.3, 0.4) is 0 Å². The fraction of sp³-hybridized carbons (Fsp3) is 0.611. The number of amides is 1. The van der Waals surface area contributed by atoms with Gasteiger partial charge in [0.2, 0.25) is 15.9 Å². The Kier molecular flexibility index (Phi) is 5.46. The Bertz CT molecular complexity index is 741. The number of sulfonamides is 1. The smallest absolute Gasteiger partial charge is 0.242 e. The molecule has 138 valence electrons. The highest BCUT2D eigenvalue weighted by atomic mass is 32.2. The van der Waals surface area contributed by atoms with Gasteiger partial charge < -0.3 is 9.64 Å². The molecular weight excluding hydrogens is 340 g/mol. The third-order valence-corrected chi connectivity index (χ3v) is 6.93. The van der Waals surface area contributed by atoms with Crippen LogP contribution in [0.15, 0.2) is 23.1 Å². The third-order valence-electron chi connectivity index (χ3n) is 5.07. The highest BCUT2D eigenvalue weighted by Gasteiger charge is 2.27. The fourth-order valence-corrected chi connectivity index (χ4v) is 4.76. The molecule has 0 radical (unpaired) electrons. The molecule has 2 aliphatic rings. The van der Waals surface area contributed by atoms with Crippen LogP contribution in [0.4, 0.5) is 5.69 Å². The largest absolute Gasteiger partial charge is 0.378 e. The monoisotopic (exact) mass is 366 g/mol. The van der Waals surface area contributed by atoms with Crippen molar-refractivity contribution in [3.05, 3.63) is 23.8 Å².